The van der Waals surface area contributed by atoms with Crippen LogP contribution in [0.25, 0.3) is 0 Å². The molecule has 2 heteroatoms. The highest BCUT2D eigenvalue weighted by Gasteiger charge is 2.20. The van der Waals surface area contributed by atoms with Crippen molar-refractivity contribution in [2.75, 3.05) is 6.54 Å². The predicted molar refractivity (Wildman–Crippen MR) is 76.6 cm³/mol. The molecule has 1 atom stereocenters. The SMILES string of the molecule is CC(C)CCCCNC1CCCc2cccnc21. The molecule has 18 heavy (non-hydrogen) atoms. The summed E-state index contributed by atoms with van der Waals surface area (Å²) in [4.78, 5) is 4.57. The summed E-state index contributed by atoms with van der Waals surface area (Å²) in [6, 6.07) is 4.78. The lowest BCUT2D eigenvalue weighted by Crippen LogP contribution is -2.27. The number of nitrogens with zero attached hydrogens (tertiary/aromatic N) is 1. The lowest BCUT2D eigenvalue weighted by molar-refractivity contribution is 0.432. The van der Waals surface area contributed by atoms with Crippen LogP contribution in [-0.4, -0.2) is 11.5 Å². The van der Waals surface area contributed by atoms with Crippen LogP contribution in [0.5, 0.6) is 0 Å². The van der Waals surface area contributed by atoms with E-state index in [0.717, 1.165) is 12.5 Å². The Kier molecular flexibility index (Phi) is 5.18. The largest absolute Gasteiger partial charge is 0.309 e. The molecule has 0 radical (unpaired) electrons. The molecule has 0 spiro atoms. The van der Waals surface area contributed by atoms with Crippen LogP contribution in [0.1, 0.15) is 63.3 Å². The molecule has 1 aliphatic carbocycles. The lowest BCUT2D eigenvalue weighted by Gasteiger charge is -2.25. The molecule has 1 unspecified atom stereocenters. The minimum atomic E-state index is 0.494. The van der Waals surface area contributed by atoms with Crippen LogP contribution in [0.3, 0.4) is 0 Å². The number of hydrogen-bond donors (Lipinski definition) is 1. The van der Waals surface area contributed by atoms with Crippen LogP contribution in [0, 0.1) is 5.92 Å². The minimum absolute atomic E-state index is 0.494. The lowest BCUT2D eigenvalue weighted by atomic mass is 9.92. The van der Waals surface area contributed by atoms with Crippen LogP contribution >= 0.6 is 0 Å². The summed E-state index contributed by atoms with van der Waals surface area (Å²) in [6.45, 7) is 5.73. The van der Waals surface area contributed by atoms with Crippen molar-refractivity contribution in [3.8, 4) is 0 Å². The summed E-state index contributed by atoms with van der Waals surface area (Å²) in [6.07, 6.45) is 9.65. The Bertz CT molecular complexity index is 360. The molecule has 1 heterocycles. The van der Waals surface area contributed by atoms with Gasteiger partial charge < -0.3 is 5.32 Å². The van der Waals surface area contributed by atoms with Gasteiger partial charge in [-0.1, -0.05) is 32.8 Å². The van der Waals surface area contributed by atoms with Gasteiger partial charge in [0.1, 0.15) is 0 Å². The number of nitrogens with one attached hydrogen (secondary N) is 1. The maximum atomic E-state index is 4.57. The van der Waals surface area contributed by atoms with Crippen molar-refractivity contribution in [2.45, 2.75) is 58.4 Å². The summed E-state index contributed by atoms with van der Waals surface area (Å²) < 4.78 is 0. The molecule has 1 aliphatic rings. The fourth-order valence-electron chi connectivity index (χ4n) is 2.76. The van der Waals surface area contributed by atoms with E-state index in [2.05, 4.69) is 36.3 Å². The summed E-state index contributed by atoms with van der Waals surface area (Å²) in [5, 5.41) is 3.69. The van der Waals surface area contributed by atoms with Crippen molar-refractivity contribution in [3.05, 3.63) is 29.6 Å². The van der Waals surface area contributed by atoms with E-state index >= 15 is 0 Å². The third kappa shape index (κ3) is 3.81. The summed E-state index contributed by atoms with van der Waals surface area (Å²) in [5.41, 5.74) is 2.75. The molecule has 2 nitrogen and oxygen atoms in total. The molecule has 0 saturated heterocycles. The van der Waals surface area contributed by atoms with E-state index < -0.39 is 0 Å². The topological polar surface area (TPSA) is 24.9 Å². The van der Waals surface area contributed by atoms with Crippen LogP contribution in [-0.2, 0) is 6.42 Å². The molecule has 0 aromatic carbocycles. The minimum Gasteiger partial charge on any atom is -0.309 e. The second-order valence-electron chi connectivity index (χ2n) is 5.84. The second-order valence-corrected chi connectivity index (χ2v) is 5.84. The van der Waals surface area contributed by atoms with Gasteiger partial charge in [0.05, 0.1) is 5.69 Å². The molecular weight excluding hydrogens is 220 g/mol. The fraction of sp³-hybridized carbons (Fsp3) is 0.688. The van der Waals surface area contributed by atoms with E-state index in [-0.39, 0.29) is 0 Å². The van der Waals surface area contributed by atoms with E-state index in [4.69, 9.17) is 0 Å². The summed E-state index contributed by atoms with van der Waals surface area (Å²) in [7, 11) is 0. The number of fused-ring (bicyclic) bond motifs is 1. The molecule has 100 valence electrons. The number of hydrogen-bond acceptors (Lipinski definition) is 2. The third-order valence-corrected chi connectivity index (χ3v) is 3.79. The molecule has 0 saturated carbocycles. The van der Waals surface area contributed by atoms with Gasteiger partial charge in [0.25, 0.3) is 0 Å². The first-order valence-corrected chi connectivity index (χ1v) is 7.44. The Balaban J connectivity index is 1.77. The van der Waals surface area contributed by atoms with Crippen LogP contribution in [0.2, 0.25) is 0 Å². The van der Waals surface area contributed by atoms with Crippen molar-refractivity contribution in [3.63, 3.8) is 0 Å². The molecule has 1 N–H and O–H groups in total. The van der Waals surface area contributed by atoms with Crippen molar-refractivity contribution in [2.24, 2.45) is 5.92 Å². The van der Waals surface area contributed by atoms with Crippen LogP contribution in [0.15, 0.2) is 18.3 Å². The molecule has 2 rings (SSSR count). The van der Waals surface area contributed by atoms with Gasteiger partial charge in [0.2, 0.25) is 0 Å². The highest BCUT2D eigenvalue weighted by molar-refractivity contribution is 5.25. The van der Waals surface area contributed by atoms with Crippen molar-refractivity contribution >= 4 is 0 Å². The van der Waals surface area contributed by atoms with E-state index in [1.165, 1.54) is 49.8 Å². The van der Waals surface area contributed by atoms with E-state index in [1.807, 2.05) is 6.20 Å². The molecule has 0 amide bonds. The van der Waals surface area contributed by atoms with E-state index in [0.29, 0.717) is 6.04 Å². The van der Waals surface area contributed by atoms with Crippen LogP contribution in [0.4, 0.5) is 0 Å². The second kappa shape index (κ2) is 6.89. The van der Waals surface area contributed by atoms with Crippen molar-refractivity contribution in [1.29, 1.82) is 0 Å². The van der Waals surface area contributed by atoms with Gasteiger partial charge in [0.15, 0.2) is 0 Å². The molecule has 1 aromatic rings. The maximum absolute atomic E-state index is 4.57. The first kappa shape index (κ1) is 13.5. The zero-order chi connectivity index (χ0) is 12.8. The Morgan fingerprint density at radius 2 is 2.28 bits per heavy atom. The molecular formula is C16H26N2. The predicted octanol–water partition coefficient (Wildman–Crippen LogP) is 3.87. The Morgan fingerprint density at radius 1 is 1.39 bits per heavy atom. The van der Waals surface area contributed by atoms with Gasteiger partial charge in [0, 0.05) is 12.2 Å². The van der Waals surface area contributed by atoms with E-state index in [1.54, 1.807) is 0 Å². The van der Waals surface area contributed by atoms with Gasteiger partial charge in [-0.15, -0.1) is 0 Å². The maximum Gasteiger partial charge on any atom is 0.0605 e. The smallest absolute Gasteiger partial charge is 0.0605 e. The summed E-state index contributed by atoms with van der Waals surface area (Å²) in [5.74, 6) is 0.835. The zero-order valence-corrected chi connectivity index (χ0v) is 11.8. The Hall–Kier alpha value is -0.890. The van der Waals surface area contributed by atoms with E-state index in [9.17, 15) is 0 Å². The fourth-order valence-corrected chi connectivity index (χ4v) is 2.76. The van der Waals surface area contributed by atoms with Crippen molar-refractivity contribution in [1.82, 2.24) is 10.3 Å². The molecule has 0 bridgehead atoms. The molecule has 0 fully saturated rings. The van der Waals surface area contributed by atoms with Crippen molar-refractivity contribution < 1.29 is 0 Å². The van der Waals surface area contributed by atoms with Gasteiger partial charge >= 0.3 is 0 Å². The molecule has 1 aromatic heterocycles. The highest BCUT2D eigenvalue weighted by atomic mass is 14.9. The van der Waals surface area contributed by atoms with Gasteiger partial charge in [-0.3, -0.25) is 4.98 Å². The number of rotatable bonds is 6. The number of aryl methyl sites for hydroxylation is 1. The van der Waals surface area contributed by atoms with Gasteiger partial charge in [-0.05, 0) is 49.8 Å². The Labute approximate surface area is 111 Å². The number of aromatic nitrogens is 1. The van der Waals surface area contributed by atoms with Crippen LogP contribution < -0.4 is 5.32 Å². The Morgan fingerprint density at radius 3 is 3.11 bits per heavy atom. The first-order valence-electron chi connectivity index (χ1n) is 7.44. The first-order chi connectivity index (χ1) is 8.77. The molecule has 0 aliphatic heterocycles. The third-order valence-electron chi connectivity index (χ3n) is 3.79. The van der Waals surface area contributed by atoms with Gasteiger partial charge in [-0.2, -0.15) is 0 Å². The normalized spacial score (nSPS) is 18.9. The highest BCUT2D eigenvalue weighted by Crippen LogP contribution is 2.27. The summed E-state index contributed by atoms with van der Waals surface area (Å²) >= 11 is 0. The number of unbranched alkanes of at least 4 members (excludes halogenated alkanes) is 1. The zero-order valence-electron chi connectivity index (χ0n) is 11.8. The average molecular weight is 246 g/mol. The quantitative estimate of drug-likeness (QED) is 0.771. The van der Waals surface area contributed by atoms with Gasteiger partial charge in [-0.25, -0.2) is 0 Å². The standard InChI is InChI=1S/C16H26N2/c1-13(2)7-3-4-11-17-15-10-5-8-14-9-6-12-18-16(14)15/h6,9,12-13,15,17H,3-5,7-8,10-11H2,1-2H3. The monoisotopic (exact) mass is 246 g/mol. The average Bonchev–Trinajstić information content (AvgIpc) is 2.38. The number of pyridine rings is 1.